The predicted molar refractivity (Wildman–Crippen MR) is 127 cm³/mol. The molecule has 1 fully saturated rings. The SMILES string of the molecule is CC(=O)Nc1sc2c(c1C(=O)OCC(=O)N(c1ccccc1)C1CCS(=O)(=O)C1)CCCC2. The van der Waals surface area contributed by atoms with Crippen LogP contribution in [-0.2, 0) is 37.0 Å². The van der Waals surface area contributed by atoms with Crippen molar-refractivity contribution < 1.29 is 27.5 Å². The van der Waals surface area contributed by atoms with Gasteiger partial charge in [0.05, 0.1) is 23.1 Å². The first-order valence-corrected chi connectivity index (χ1v) is 13.6. The number of amides is 2. The normalized spacial score (nSPS) is 18.9. The third kappa shape index (κ3) is 5.27. The van der Waals surface area contributed by atoms with Crippen LogP contribution in [0.3, 0.4) is 0 Å². The number of anilines is 2. The molecule has 10 heteroatoms. The van der Waals surface area contributed by atoms with E-state index in [2.05, 4.69) is 5.32 Å². The zero-order chi connectivity index (χ0) is 23.6. The molecule has 0 bridgehead atoms. The molecule has 4 rings (SSSR count). The van der Waals surface area contributed by atoms with E-state index in [1.807, 2.05) is 0 Å². The van der Waals surface area contributed by atoms with E-state index in [9.17, 15) is 22.8 Å². The van der Waals surface area contributed by atoms with Gasteiger partial charge >= 0.3 is 5.97 Å². The Labute approximate surface area is 196 Å². The van der Waals surface area contributed by atoms with Crippen molar-refractivity contribution in [3.05, 3.63) is 46.3 Å². The number of nitrogens with zero attached hydrogens (tertiary/aromatic N) is 1. The maximum atomic E-state index is 13.2. The van der Waals surface area contributed by atoms with Gasteiger partial charge in [-0.25, -0.2) is 13.2 Å². The zero-order valence-electron chi connectivity index (χ0n) is 18.3. The van der Waals surface area contributed by atoms with E-state index in [1.165, 1.54) is 23.2 Å². The average Bonchev–Trinajstić information content (AvgIpc) is 3.31. The maximum Gasteiger partial charge on any atom is 0.341 e. The van der Waals surface area contributed by atoms with Crippen LogP contribution in [0.5, 0.6) is 0 Å². The number of benzene rings is 1. The van der Waals surface area contributed by atoms with E-state index in [4.69, 9.17) is 4.74 Å². The van der Waals surface area contributed by atoms with Gasteiger partial charge in [-0.3, -0.25) is 9.59 Å². The molecule has 176 valence electrons. The molecule has 33 heavy (non-hydrogen) atoms. The molecule has 2 amide bonds. The minimum Gasteiger partial charge on any atom is -0.452 e. The number of hydrogen-bond acceptors (Lipinski definition) is 7. The van der Waals surface area contributed by atoms with Gasteiger partial charge in [0.25, 0.3) is 5.91 Å². The second kappa shape index (κ2) is 9.64. The summed E-state index contributed by atoms with van der Waals surface area (Å²) >= 11 is 1.38. The largest absolute Gasteiger partial charge is 0.452 e. The lowest BCUT2D eigenvalue weighted by Gasteiger charge is -2.28. The molecule has 1 aromatic heterocycles. The third-order valence-electron chi connectivity index (χ3n) is 5.87. The second-order valence-corrected chi connectivity index (χ2v) is 11.7. The van der Waals surface area contributed by atoms with E-state index >= 15 is 0 Å². The van der Waals surface area contributed by atoms with Crippen molar-refractivity contribution in [2.24, 2.45) is 0 Å². The lowest BCUT2D eigenvalue weighted by molar-refractivity contribution is -0.122. The van der Waals surface area contributed by atoms with E-state index < -0.39 is 34.4 Å². The predicted octanol–water partition coefficient (Wildman–Crippen LogP) is 2.96. The van der Waals surface area contributed by atoms with Crippen LogP contribution in [0.15, 0.2) is 30.3 Å². The molecule has 0 saturated carbocycles. The number of esters is 1. The molecule has 1 N–H and O–H groups in total. The molecular weight excluding hydrogens is 464 g/mol. The number of carbonyl (C=O) groups excluding carboxylic acids is 3. The Bertz CT molecular complexity index is 1170. The summed E-state index contributed by atoms with van der Waals surface area (Å²) in [5.41, 5.74) is 1.77. The standard InChI is InChI=1S/C23H26N2O6S2/c1-15(26)24-22-21(18-9-5-6-10-19(18)32-22)23(28)31-13-20(27)25(16-7-3-2-4-8-16)17-11-12-33(29,30)14-17/h2-4,7-8,17H,5-6,9-14H2,1H3,(H,24,26). The van der Waals surface area contributed by atoms with Crippen LogP contribution in [0, 0.1) is 0 Å². The molecule has 1 aliphatic heterocycles. The van der Waals surface area contributed by atoms with Crippen molar-refractivity contribution >= 4 is 49.6 Å². The Balaban J connectivity index is 1.54. The van der Waals surface area contributed by atoms with Crippen LogP contribution >= 0.6 is 11.3 Å². The van der Waals surface area contributed by atoms with Gasteiger partial charge < -0.3 is 15.0 Å². The molecule has 1 aromatic carbocycles. The Morgan fingerprint density at radius 2 is 1.88 bits per heavy atom. The lowest BCUT2D eigenvalue weighted by atomic mass is 9.95. The molecule has 2 heterocycles. The van der Waals surface area contributed by atoms with Crippen molar-refractivity contribution in [3.8, 4) is 0 Å². The van der Waals surface area contributed by atoms with Gasteiger partial charge in [0, 0.05) is 17.5 Å². The van der Waals surface area contributed by atoms with E-state index in [-0.39, 0.29) is 17.4 Å². The van der Waals surface area contributed by atoms with Gasteiger partial charge in [-0.15, -0.1) is 11.3 Å². The summed E-state index contributed by atoms with van der Waals surface area (Å²) in [7, 11) is -3.22. The molecule has 1 atom stereocenters. The quantitative estimate of drug-likeness (QED) is 0.624. The summed E-state index contributed by atoms with van der Waals surface area (Å²) in [5, 5.41) is 3.17. The number of para-hydroxylation sites is 1. The minimum absolute atomic E-state index is 0.0230. The summed E-state index contributed by atoms with van der Waals surface area (Å²) in [5.74, 6) is -1.52. The van der Waals surface area contributed by atoms with Crippen LogP contribution in [0.4, 0.5) is 10.7 Å². The molecule has 1 unspecified atom stereocenters. The van der Waals surface area contributed by atoms with E-state index in [1.54, 1.807) is 30.3 Å². The number of thiophene rings is 1. The van der Waals surface area contributed by atoms with Crippen molar-refractivity contribution in [2.75, 3.05) is 28.3 Å². The maximum absolute atomic E-state index is 13.2. The molecule has 2 aromatic rings. The molecule has 1 saturated heterocycles. The first-order valence-electron chi connectivity index (χ1n) is 10.9. The highest BCUT2D eigenvalue weighted by Gasteiger charge is 2.36. The summed E-state index contributed by atoms with van der Waals surface area (Å²) in [4.78, 5) is 40.3. The molecular formula is C23H26N2O6S2. The van der Waals surface area contributed by atoms with Crippen LogP contribution in [0.1, 0.15) is 47.0 Å². The van der Waals surface area contributed by atoms with Crippen molar-refractivity contribution in [2.45, 2.75) is 45.1 Å². The number of rotatable bonds is 6. The number of nitrogens with one attached hydrogen (secondary N) is 1. The Morgan fingerprint density at radius 3 is 2.55 bits per heavy atom. The Hall–Kier alpha value is -2.72. The van der Waals surface area contributed by atoms with Gasteiger partial charge in [0.15, 0.2) is 16.4 Å². The average molecular weight is 491 g/mol. The zero-order valence-corrected chi connectivity index (χ0v) is 20.0. The number of ether oxygens (including phenoxy) is 1. The van der Waals surface area contributed by atoms with Crippen molar-refractivity contribution in [1.82, 2.24) is 0 Å². The van der Waals surface area contributed by atoms with Crippen molar-refractivity contribution in [1.29, 1.82) is 0 Å². The molecule has 0 radical (unpaired) electrons. The van der Waals surface area contributed by atoms with Gasteiger partial charge in [-0.05, 0) is 49.8 Å². The summed E-state index contributed by atoms with van der Waals surface area (Å²) in [6, 6.07) is 8.29. The third-order valence-corrected chi connectivity index (χ3v) is 8.83. The second-order valence-electron chi connectivity index (χ2n) is 8.33. The fourth-order valence-corrected chi connectivity index (χ4v) is 7.45. The smallest absolute Gasteiger partial charge is 0.341 e. The lowest BCUT2D eigenvalue weighted by Crippen LogP contribution is -2.43. The Morgan fingerprint density at radius 1 is 1.15 bits per heavy atom. The van der Waals surface area contributed by atoms with Gasteiger partial charge in [-0.1, -0.05) is 18.2 Å². The van der Waals surface area contributed by atoms with Crippen LogP contribution in [0.2, 0.25) is 0 Å². The fraction of sp³-hybridized carbons (Fsp3) is 0.435. The Kier molecular flexibility index (Phi) is 6.85. The number of hydrogen-bond donors (Lipinski definition) is 1. The monoisotopic (exact) mass is 490 g/mol. The number of carbonyl (C=O) groups is 3. The van der Waals surface area contributed by atoms with Crippen molar-refractivity contribution in [3.63, 3.8) is 0 Å². The fourth-order valence-electron chi connectivity index (χ4n) is 4.42. The number of fused-ring (bicyclic) bond motifs is 1. The van der Waals surface area contributed by atoms with Crippen LogP contribution in [0.25, 0.3) is 0 Å². The van der Waals surface area contributed by atoms with E-state index in [0.29, 0.717) is 22.7 Å². The van der Waals surface area contributed by atoms with Crippen LogP contribution in [-0.4, -0.2) is 50.4 Å². The minimum atomic E-state index is -3.22. The highest BCUT2D eigenvalue weighted by atomic mass is 32.2. The molecule has 2 aliphatic rings. The highest BCUT2D eigenvalue weighted by molar-refractivity contribution is 7.91. The van der Waals surface area contributed by atoms with Gasteiger partial charge in [0.1, 0.15) is 5.00 Å². The summed E-state index contributed by atoms with van der Waals surface area (Å²) < 4.78 is 29.5. The number of sulfone groups is 1. The topological polar surface area (TPSA) is 110 Å². The van der Waals surface area contributed by atoms with E-state index in [0.717, 1.165) is 36.1 Å². The van der Waals surface area contributed by atoms with Gasteiger partial charge in [-0.2, -0.15) is 0 Å². The van der Waals surface area contributed by atoms with Crippen LogP contribution < -0.4 is 10.2 Å². The summed E-state index contributed by atoms with van der Waals surface area (Å²) in [6.07, 6.45) is 3.87. The number of aryl methyl sites for hydroxylation is 1. The molecule has 1 aliphatic carbocycles. The highest BCUT2D eigenvalue weighted by Crippen LogP contribution is 2.38. The first-order chi connectivity index (χ1) is 15.7. The molecule has 0 spiro atoms. The first kappa shape index (κ1) is 23.4. The summed E-state index contributed by atoms with van der Waals surface area (Å²) in [6.45, 7) is 0.860. The van der Waals surface area contributed by atoms with Gasteiger partial charge in [0.2, 0.25) is 5.91 Å². The molecule has 8 nitrogen and oxygen atoms in total.